The van der Waals surface area contributed by atoms with E-state index in [1.807, 2.05) is 25.1 Å². The van der Waals surface area contributed by atoms with Gasteiger partial charge in [0.15, 0.2) is 5.96 Å². The fraction of sp³-hybridized carbons (Fsp3) is 0.333. The van der Waals surface area contributed by atoms with Gasteiger partial charge in [-0.05, 0) is 31.2 Å². The second-order valence-corrected chi connectivity index (χ2v) is 6.44. The van der Waals surface area contributed by atoms with Gasteiger partial charge >= 0.3 is 0 Å². The molecule has 0 aromatic heterocycles. The Hall–Kier alpha value is -2.93. The van der Waals surface area contributed by atoms with Crippen LogP contribution in [0.2, 0.25) is 5.02 Å². The molecule has 0 fully saturated rings. The maximum absolute atomic E-state index is 12.2. The van der Waals surface area contributed by atoms with Gasteiger partial charge in [-0.3, -0.25) is 4.79 Å². The van der Waals surface area contributed by atoms with Crippen LogP contribution in [0, 0.1) is 0 Å². The van der Waals surface area contributed by atoms with E-state index in [9.17, 15) is 4.79 Å². The summed E-state index contributed by atoms with van der Waals surface area (Å²) in [7, 11) is 3.23. The first-order valence-electron chi connectivity index (χ1n) is 9.34. The van der Waals surface area contributed by atoms with Crippen molar-refractivity contribution >= 4 is 23.5 Å². The summed E-state index contributed by atoms with van der Waals surface area (Å²) in [5, 5.41) is 9.65. The molecule has 0 aliphatic heterocycles. The zero-order valence-electron chi connectivity index (χ0n) is 16.9. The van der Waals surface area contributed by atoms with E-state index in [1.54, 1.807) is 38.5 Å². The second-order valence-electron chi connectivity index (χ2n) is 6.04. The van der Waals surface area contributed by atoms with Crippen molar-refractivity contribution < 1.29 is 14.3 Å². The van der Waals surface area contributed by atoms with E-state index in [4.69, 9.17) is 21.1 Å². The van der Waals surface area contributed by atoms with Gasteiger partial charge in [-0.15, -0.1) is 0 Å². The zero-order valence-corrected chi connectivity index (χ0v) is 17.7. The third kappa shape index (κ3) is 6.87. The number of nitrogens with zero attached hydrogens (tertiary/aromatic N) is 1. The van der Waals surface area contributed by atoms with Gasteiger partial charge in [0.05, 0.1) is 31.4 Å². The Morgan fingerprint density at radius 1 is 1.03 bits per heavy atom. The molecular weight excluding hydrogens is 392 g/mol. The Kier molecular flexibility index (Phi) is 9.11. The largest absolute Gasteiger partial charge is 0.497 e. The fourth-order valence-corrected chi connectivity index (χ4v) is 2.81. The first-order valence-corrected chi connectivity index (χ1v) is 9.72. The molecule has 2 aromatic rings. The molecule has 0 bridgehead atoms. The third-order valence-corrected chi connectivity index (χ3v) is 4.40. The van der Waals surface area contributed by atoms with Crippen molar-refractivity contribution in [1.82, 2.24) is 16.0 Å². The number of hydrogen-bond acceptors (Lipinski definition) is 4. The lowest BCUT2D eigenvalue weighted by Crippen LogP contribution is -2.41. The average molecular weight is 419 g/mol. The van der Waals surface area contributed by atoms with Crippen LogP contribution in [0.1, 0.15) is 22.8 Å². The first-order chi connectivity index (χ1) is 14.1. The minimum atomic E-state index is -0.206. The Labute approximate surface area is 176 Å². The summed E-state index contributed by atoms with van der Waals surface area (Å²) in [6.45, 7) is 4.10. The molecule has 8 heteroatoms. The number of carbonyl (C=O) groups excluding carboxylic acids is 1. The summed E-state index contributed by atoms with van der Waals surface area (Å²) in [6.07, 6.45) is 0. The quantitative estimate of drug-likeness (QED) is 0.331. The molecule has 2 aromatic carbocycles. The molecule has 29 heavy (non-hydrogen) atoms. The molecule has 0 saturated carbocycles. The summed E-state index contributed by atoms with van der Waals surface area (Å²) < 4.78 is 10.6. The van der Waals surface area contributed by atoms with Crippen molar-refractivity contribution in [2.24, 2.45) is 4.99 Å². The summed E-state index contributed by atoms with van der Waals surface area (Å²) in [6, 6.07) is 12.6. The topological polar surface area (TPSA) is 84.0 Å². The van der Waals surface area contributed by atoms with Gasteiger partial charge in [0, 0.05) is 31.3 Å². The van der Waals surface area contributed by atoms with E-state index < -0.39 is 0 Å². The van der Waals surface area contributed by atoms with E-state index in [2.05, 4.69) is 20.9 Å². The van der Waals surface area contributed by atoms with Crippen molar-refractivity contribution in [3.05, 3.63) is 58.6 Å². The molecular formula is C21H27ClN4O3. The molecule has 0 heterocycles. The Balaban J connectivity index is 1.89. The Bertz CT molecular complexity index is 842. The van der Waals surface area contributed by atoms with Crippen LogP contribution >= 0.6 is 11.6 Å². The standard InChI is InChI=1S/C21H27ClN4O3/c1-4-23-21(26-14-15-9-10-16(28-2)13-19(15)29-3)25-12-11-24-20(27)17-7-5-6-8-18(17)22/h5-10,13H,4,11-12,14H2,1-3H3,(H,24,27)(H2,23,25,26). The molecule has 0 aliphatic carbocycles. The molecule has 0 spiro atoms. The van der Waals surface area contributed by atoms with Gasteiger partial charge in [-0.2, -0.15) is 0 Å². The summed E-state index contributed by atoms with van der Waals surface area (Å²) in [4.78, 5) is 16.8. The molecule has 7 nitrogen and oxygen atoms in total. The average Bonchev–Trinajstić information content (AvgIpc) is 2.74. The van der Waals surface area contributed by atoms with Crippen molar-refractivity contribution in [2.75, 3.05) is 33.9 Å². The molecule has 0 atom stereocenters. The SMILES string of the molecule is CCNC(=NCc1ccc(OC)cc1OC)NCCNC(=O)c1ccccc1Cl. The van der Waals surface area contributed by atoms with Crippen molar-refractivity contribution in [3.63, 3.8) is 0 Å². The lowest BCUT2D eigenvalue weighted by Gasteiger charge is -2.13. The van der Waals surface area contributed by atoms with Crippen LogP contribution < -0.4 is 25.4 Å². The molecule has 0 aliphatic rings. The Morgan fingerprint density at radius 3 is 2.48 bits per heavy atom. The number of amides is 1. The van der Waals surface area contributed by atoms with Crippen molar-refractivity contribution in [1.29, 1.82) is 0 Å². The van der Waals surface area contributed by atoms with Crippen LogP contribution in [0.4, 0.5) is 0 Å². The third-order valence-electron chi connectivity index (χ3n) is 4.07. The number of carbonyl (C=O) groups is 1. The lowest BCUT2D eigenvalue weighted by atomic mass is 10.2. The fourth-order valence-electron chi connectivity index (χ4n) is 2.59. The number of nitrogens with one attached hydrogen (secondary N) is 3. The van der Waals surface area contributed by atoms with Gasteiger partial charge in [-0.25, -0.2) is 4.99 Å². The van der Waals surface area contributed by atoms with Crippen LogP contribution in [-0.2, 0) is 6.54 Å². The zero-order chi connectivity index (χ0) is 21.1. The highest BCUT2D eigenvalue weighted by atomic mass is 35.5. The molecule has 2 rings (SSSR count). The van der Waals surface area contributed by atoms with Gasteiger partial charge in [0.1, 0.15) is 11.5 Å². The monoisotopic (exact) mass is 418 g/mol. The smallest absolute Gasteiger partial charge is 0.252 e. The summed E-state index contributed by atoms with van der Waals surface area (Å²) in [5.74, 6) is 1.89. The van der Waals surface area contributed by atoms with Gasteiger partial charge < -0.3 is 25.4 Å². The number of halogens is 1. The number of aliphatic imine (C=N–C) groups is 1. The number of methoxy groups -OCH3 is 2. The van der Waals surface area contributed by atoms with E-state index in [1.165, 1.54) is 0 Å². The van der Waals surface area contributed by atoms with E-state index in [0.717, 1.165) is 23.6 Å². The molecule has 1 amide bonds. The number of ether oxygens (including phenoxy) is 2. The number of guanidine groups is 1. The van der Waals surface area contributed by atoms with Crippen LogP contribution in [0.15, 0.2) is 47.5 Å². The highest BCUT2D eigenvalue weighted by molar-refractivity contribution is 6.33. The maximum atomic E-state index is 12.2. The van der Waals surface area contributed by atoms with Crippen LogP contribution in [0.5, 0.6) is 11.5 Å². The van der Waals surface area contributed by atoms with Gasteiger partial charge in [-0.1, -0.05) is 23.7 Å². The van der Waals surface area contributed by atoms with Crippen LogP contribution in [-0.4, -0.2) is 45.7 Å². The lowest BCUT2D eigenvalue weighted by molar-refractivity contribution is 0.0954. The maximum Gasteiger partial charge on any atom is 0.252 e. The first kappa shape index (κ1) is 22.4. The van der Waals surface area contributed by atoms with Crippen LogP contribution in [0.3, 0.4) is 0 Å². The summed E-state index contributed by atoms with van der Waals surface area (Å²) >= 11 is 6.04. The summed E-state index contributed by atoms with van der Waals surface area (Å²) in [5.41, 5.74) is 1.40. The molecule has 0 unspecified atom stereocenters. The number of rotatable bonds is 9. The van der Waals surface area contributed by atoms with Crippen molar-refractivity contribution in [3.8, 4) is 11.5 Å². The van der Waals surface area contributed by atoms with Crippen LogP contribution in [0.25, 0.3) is 0 Å². The van der Waals surface area contributed by atoms with Gasteiger partial charge in [0.2, 0.25) is 0 Å². The molecule has 0 radical (unpaired) electrons. The van der Waals surface area contributed by atoms with E-state index in [-0.39, 0.29) is 5.91 Å². The normalized spacial score (nSPS) is 11.0. The Morgan fingerprint density at radius 2 is 1.79 bits per heavy atom. The second kappa shape index (κ2) is 11.8. The molecule has 3 N–H and O–H groups in total. The highest BCUT2D eigenvalue weighted by Gasteiger charge is 2.09. The molecule has 156 valence electrons. The van der Waals surface area contributed by atoms with Gasteiger partial charge in [0.25, 0.3) is 5.91 Å². The minimum absolute atomic E-state index is 0.206. The van der Waals surface area contributed by atoms with E-state index in [0.29, 0.717) is 36.2 Å². The van der Waals surface area contributed by atoms with Crippen molar-refractivity contribution in [2.45, 2.75) is 13.5 Å². The predicted molar refractivity (Wildman–Crippen MR) is 116 cm³/mol. The molecule has 0 saturated heterocycles. The van der Waals surface area contributed by atoms with E-state index >= 15 is 0 Å². The minimum Gasteiger partial charge on any atom is -0.497 e. The predicted octanol–water partition coefficient (Wildman–Crippen LogP) is 2.84. The number of hydrogen-bond donors (Lipinski definition) is 3. The highest BCUT2D eigenvalue weighted by Crippen LogP contribution is 2.25. The number of benzene rings is 2.